The second kappa shape index (κ2) is 53.0. The van der Waals surface area contributed by atoms with Crippen molar-refractivity contribution in [2.45, 2.75) is 303 Å². The molecule has 85 heavy (non-hydrogen) atoms. The summed E-state index contributed by atoms with van der Waals surface area (Å²) >= 11 is 0. The number of rotatable bonds is 10. The number of nitrogens with one attached hydrogen (secondary N) is 1. The molecular weight excluding hydrogens is 1050 g/mol. The molecule has 1 N–H and O–H groups in total. The van der Waals surface area contributed by atoms with E-state index in [0.29, 0.717) is 38.8 Å². The third-order valence-electron chi connectivity index (χ3n) is 15.8. The number of piperidine rings is 1. The molecule has 5 aliphatic heterocycles. The van der Waals surface area contributed by atoms with Crippen LogP contribution in [0.25, 0.3) is 0 Å². The molecule has 13 nitrogen and oxygen atoms in total. The van der Waals surface area contributed by atoms with E-state index < -0.39 is 0 Å². The van der Waals surface area contributed by atoms with Gasteiger partial charge >= 0.3 is 0 Å². The standard InChI is InChI=1S/C14H30N4O.C10H23N.C9H20N2.C9H19N.C8H17NO.C8H19N.C6H15N.8CH4/c1-14(2,3)17-6-8-18(9-7-17)15-4-5-16-10-12-19-13-11-16;1-6-8-11(9-7-2)10(3,4)5;1-9(2,3)11-7-5-10(4)6-8-11;1-9(2,3)10-7-5-4-6-8-10;1-8(2,3)9-4-6-10-7-5-9;1-6-9(7-2)8(3,4)5;1-6(2,3)7(4)5;;;;;;;;/h15H,4-13H2,1-3H3;6-9H2,1-5H3;5-8H2,1-4H3;4-8H2,1-3H3;4-7H2,1-3H3;6-7H2,1-5H3;1-5H3;8*1H4. The van der Waals surface area contributed by atoms with Crippen LogP contribution >= 0.6 is 0 Å². The molecule has 0 saturated carbocycles. The van der Waals surface area contributed by atoms with Crippen LogP contribution in [0, 0.1) is 0 Å². The van der Waals surface area contributed by atoms with Gasteiger partial charge in [-0.15, -0.1) is 0 Å². The second-order valence-electron chi connectivity index (χ2n) is 29.5. The van der Waals surface area contributed by atoms with Gasteiger partial charge in [0.1, 0.15) is 0 Å². The third kappa shape index (κ3) is 53.8. The van der Waals surface area contributed by atoms with Gasteiger partial charge in [0.2, 0.25) is 0 Å². The van der Waals surface area contributed by atoms with Crippen LogP contribution in [-0.2, 0) is 9.47 Å². The number of hydrazine groups is 1. The number of hydrogen-bond acceptors (Lipinski definition) is 13. The minimum atomic E-state index is 0. The zero-order valence-electron chi connectivity index (χ0n) is 57.8. The molecule has 5 heterocycles. The zero-order valence-corrected chi connectivity index (χ0v) is 57.8. The Balaban J connectivity index is -0.0000000971. The summed E-state index contributed by atoms with van der Waals surface area (Å²) in [7, 11) is 6.36. The number of likely N-dealkylation sites (N-methyl/N-ethyl adjacent to an activating group) is 1. The van der Waals surface area contributed by atoms with Crippen molar-refractivity contribution in [1.82, 2.24) is 54.5 Å². The zero-order chi connectivity index (χ0) is 59.9. The van der Waals surface area contributed by atoms with Crippen LogP contribution in [0.3, 0.4) is 0 Å². The Morgan fingerprint density at radius 3 is 0.906 bits per heavy atom. The summed E-state index contributed by atoms with van der Waals surface area (Å²) in [4.78, 5) is 22.2. The molecule has 0 spiro atoms. The lowest BCUT2D eigenvalue weighted by Gasteiger charge is -2.42. The first-order valence-electron chi connectivity index (χ1n) is 31.5. The highest BCUT2D eigenvalue weighted by Gasteiger charge is 2.27. The predicted molar refractivity (Wildman–Crippen MR) is 396 cm³/mol. The number of ether oxygens (including phenoxy) is 2. The van der Waals surface area contributed by atoms with E-state index in [1.54, 1.807) is 0 Å². The molecule has 5 aliphatic rings. The molecule has 0 atom stereocenters. The maximum absolute atomic E-state index is 5.36. The first-order valence-corrected chi connectivity index (χ1v) is 31.5. The molecule has 0 aromatic rings. The predicted octanol–water partition coefficient (Wildman–Crippen LogP) is 16.1. The largest absolute Gasteiger partial charge is 0.379 e. The molecule has 0 amide bonds. The molecule has 530 valence electrons. The molecule has 5 saturated heterocycles. The van der Waals surface area contributed by atoms with E-state index in [1.807, 2.05) is 0 Å². The van der Waals surface area contributed by atoms with Crippen molar-refractivity contribution in [3.8, 4) is 0 Å². The number of likely N-dealkylation sites (tertiary alicyclic amines) is 1. The normalized spacial score (nSPS) is 18.1. The fourth-order valence-electron chi connectivity index (χ4n) is 9.50. The van der Waals surface area contributed by atoms with Gasteiger partial charge in [-0.05, 0) is 231 Å². The first kappa shape index (κ1) is 106. The molecule has 13 heteroatoms. The minimum absolute atomic E-state index is 0. The summed E-state index contributed by atoms with van der Waals surface area (Å²) in [5, 5.41) is 2.38. The van der Waals surface area contributed by atoms with Crippen LogP contribution in [0.15, 0.2) is 0 Å². The molecule has 0 radical (unpaired) electrons. The monoisotopic (exact) mass is 1230 g/mol. The van der Waals surface area contributed by atoms with Crippen LogP contribution in [0.4, 0.5) is 0 Å². The van der Waals surface area contributed by atoms with Crippen LogP contribution in [0.5, 0.6) is 0 Å². The van der Waals surface area contributed by atoms with Crippen LogP contribution in [-0.4, -0.2) is 266 Å². The summed E-state index contributed by atoms with van der Waals surface area (Å²) in [6.07, 6.45) is 6.76. The third-order valence-corrected chi connectivity index (χ3v) is 15.8. The Bertz CT molecular complexity index is 1310. The van der Waals surface area contributed by atoms with Crippen molar-refractivity contribution in [1.29, 1.82) is 0 Å². The number of nitrogens with zero attached hydrogens (tertiary/aromatic N) is 10. The van der Waals surface area contributed by atoms with Crippen LogP contribution < -0.4 is 5.43 Å². The first-order chi connectivity index (χ1) is 35.2. The maximum Gasteiger partial charge on any atom is 0.0594 e. The van der Waals surface area contributed by atoms with Crippen molar-refractivity contribution in [3.05, 3.63) is 0 Å². The van der Waals surface area contributed by atoms with Gasteiger partial charge in [-0.3, -0.25) is 39.7 Å². The quantitative estimate of drug-likeness (QED) is 0.226. The van der Waals surface area contributed by atoms with Gasteiger partial charge in [-0.25, -0.2) is 5.01 Å². The van der Waals surface area contributed by atoms with Gasteiger partial charge in [0.25, 0.3) is 0 Å². The lowest BCUT2D eigenvalue weighted by Crippen LogP contribution is -2.57. The van der Waals surface area contributed by atoms with Gasteiger partial charge < -0.3 is 19.3 Å². The molecule has 5 fully saturated rings. The van der Waals surface area contributed by atoms with Crippen molar-refractivity contribution in [3.63, 3.8) is 0 Å². The summed E-state index contributed by atoms with van der Waals surface area (Å²) in [6, 6.07) is 0. The Hall–Kier alpha value is -0.520. The van der Waals surface area contributed by atoms with Crippen molar-refractivity contribution >= 4 is 0 Å². The van der Waals surface area contributed by atoms with Gasteiger partial charge in [0.15, 0.2) is 0 Å². The molecule has 0 aromatic carbocycles. The average molecular weight is 1230 g/mol. The lowest BCUT2D eigenvalue weighted by molar-refractivity contribution is -0.00389. The summed E-state index contributed by atoms with van der Waals surface area (Å²) in [5.74, 6) is 0. The highest BCUT2D eigenvalue weighted by molar-refractivity contribution is 4.83. The average Bonchev–Trinajstić information content (AvgIpc) is 3.32. The number of morpholine rings is 2. The van der Waals surface area contributed by atoms with Crippen LogP contribution in [0.1, 0.15) is 265 Å². The van der Waals surface area contributed by atoms with Crippen molar-refractivity contribution in [2.24, 2.45) is 0 Å². The lowest BCUT2D eigenvalue weighted by atomic mass is 10.0. The van der Waals surface area contributed by atoms with E-state index in [2.05, 4.69) is 249 Å². The van der Waals surface area contributed by atoms with Gasteiger partial charge in [-0.2, -0.15) is 0 Å². The highest BCUT2D eigenvalue weighted by Crippen LogP contribution is 2.20. The van der Waals surface area contributed by atoms with Crippen molar-refractivity contribution < 1.29 is 9.47 Å². The second-order valence-corrected chi connectivity index (χ2v) is 29.5. The van der Waals surface area contributed by atoms with E-state index in [1.165, 1.54) is 84.5 Å². The SMILES string of the molecule is C.C.C.C.C.C.C.C.CC(C)(C)N1CCCCC1.CC(C)(C)N1CCN(NCCN2CCOCC2)CC1.CC(C)(C)N1CCOCC1.CCCN(CCC)C(C)(C)C.CCN(CC)C(C)(C)C.CN(C)C(C)(C)C.CN1CCN(C(C)(C)C)CC1. The van der Waals surface area contributed by atoms with E-state index >= 15 is 0 Å². The smallest absolute Gasteiger partial charge is 0.0594 e. The Labute approximate surface area is 543 Å². The van der Waals surface area contributed by atoms with Gasteiger partial charge in [0, 0.05) is 130 Å². The van der Waals surface area contributed by atoms with Crippen LogP contribution in [0.2, 0.25) is 0 Å². The summed E-state index contributed by atoms with van der Waals surface area (Å²) in [5.41, 5.74) is 6.00. The highest BCUT2D eigenvalue weighted by atomic mass is 16.5. The molecule has 0 bridgehead atoms. The van der Waals surface area contributed by atoms with E-state index in [-0.39, 0.29) is 59.4 Å². The van der Waals surface area contributed by atoms with Gasteiger partial charge in [-0.1, -0.05) is 93.5 Å². The number of piperazine rings is 2. The maximum atomic E-state index is 5.36. The molecule has 0 unspecified atom stereocenters. The molecular formula is C72H175N11O2. The Morgan fingerprint density at radius 1 is 0.365 bits per heavy atom. The van der Waals surface area contributed by atoms with E-state index in [9.17, 15) is 0 Å². The Morgan fingerprint density at radius 2 is 0.659 bits per heavy atom. The molecule has 0 aliphatic carbocycles. The van der Waals surface area contributed by atoms with Gasteiger partial charge in [0.05, 0.1) is 26.4 Å². The summed E-state index contributed by atoms with van der Waals surface area (Å²) in [6.45, 7) is 83.5. The molecule has 5 rings (SSSR count). The Kier molecular flexibility index (Phi) is 66.2. The van der Waals surface area contributed by atoms with E-state index in [0.717, 1.165) is 105 Å². The topological polar surface area (TPSA) is 62.9 Å². The fraction of sp³-hybridized carbons (Fsp3) is 1.00. The van der Waals surface area contributed by atoms with E-state index in [4.69, 9.17) is 9.47 Å². The number of hydrogen-bond donors (Lipinski definition) is 1. The fourth-order valence-corrected chi connectivity index (χ4v) is 9.50. The molecule has 0 aromatic heterocycles. The summed E-state index contributed by atoms with van der Waals surface area (Å²) < 4.78 is 10.6. The van der Waals surface area contributed by atoms with Crippen molar-refractivity contribution in [2.75, 3.05) is 178 Å². The minimum Gasteiger partial charge on any atom is -0.379 e.